The lowest BCUT2D eigenvalue weighted by atomic mass is 10.2. The number of hydrogen-bond donors (Lipinski definition) is 1. The van der Waals surface area contributed by atoms with Gasteiger partial charge in [-0.25, -0.2) is 9.37 Å². The molecule has 1 aliphatic rings. The molecule has 3 rings (SSSR count). The SMILES string of the molecule is CC(C(=O)Nc1cccc(F)c1)N1CCN(c2ncccc2Cl)CC1. The molecule has 0 saturated carbocycles. The Bertz CT molecular complexity index is 749. The molecule has 1 aromatic carbocycles. The first-order chi connectivity index (χ1) is 12.0. The van der Waals surface area contributed by atoms with Crippen molar-refractivity contribution >= 4 is 29.0 Å². The number of amides is 1. The molecule has 1 unspecified atom stereocenters. The minimum absolute atomic E-state index is 0.144. The molecule has 0 bridgehead atoms. The van der Waals surface area contributed by atoms with Crippen LogP contribution in [0.1, 0.15) is 6.92 Å². The fourth-order valence-electron chi connectivity index (χ4n) is 2.91. The summed E-state index contributed by atoms with van der Waals surface area (Å²) in [5.41, 5.74) is 0.468. The van der Waals surface area contributed by atoms with Gasteiger partial charge in [0.25, 0.3) is 0 Å². The molecule has 2 heterocycles. The van der Waals surface area contributed by atoms with Gasteiger partial charge in [0, 0.05) is 38.1 Å². The van der Waals surface area contributed by atoms with Crippen molar-refractivity contribution < 1.29 is 9.18 Å². The average molecular weight is 363 g/mol. The van der Waals surface area contributed by atoms with Crippen molar-refractivity contribution in [1.82, 2.24) is 9.88 Å². The maximum Gasteiger partial charge on any atom is 0.241 e. The maximum absolute atomic E-state index is 13.2. The molecule has 2 aromatic rings. The predicted molar refractivity (Wildman–Crippen MR) is 97.5 cm³/mol. The van der Waals surface area contributed by atoms with Crippen molar-refractivity contribution in [1.29, 1.82) is 0 Å². The Morgan fingerprint density at radius 1 is 1.24 bits per heavy atom. The molecule has 25 heavy (non-hydrogen) atoms. The summed E-state index contributed by atoms with van der Waals surface area (Å²) in [5.74, 6) is 0.266. The van der Waals surface area contributed by atoms with Crippen molar-refractivity contribution in [2.45, 2.75) is 13.0 Å². The van der Waals surface area contributed by atoms with E-state index in [-0.39, 0.29) is 17.8 Å². The highest BCUT2D eigenvalue weighted by molar-refractivity contribution is 6.32. The fraction of sp³-hybridized carbons (Fsp3) is 0.333. The van der Waals surface area contributed by atoms with E-state index in [9.17, 15) is 9.18 Å². The van der Waals surface area contributed by atoms with Crippen molar-refractivity contribution in [2.75, 3.05) is 36.4 Å². The molecule has 1 fully saturated rings. The van der Waals surface area contributed by atoms with Gasteiger partial charge in [0.2, 0.25) is 5.91 Å². The van der Waals surface area contributed by atoms with Gasteiger partial charge in [0.15, 0.2) is 0 Å². The van der Waals surface area contributed by atoms with E-state index in [0.717, 1.165) is 32.0 Å². The number of carbonyl (C=O) groups excluding carboxylic acids is 1. The lowest BCUT2D eigenvalue weighted by Gasteiger charge is -2.38. The first-order valence-corrected chi connectivity index (χ1v) is 8.58. The minimum atomic E-state index is -0.369. The summed E-state index contributed by atoms with van der Waals surface area (Å²) in [6, 6.07) is 9.24. The molecular weight excluding hydrogens is 343 g/mol. The molecule has 1 amide bonds. The van der Waals surface area contributed by atoms with E-state index in [1.165, 1.54) is 12.1 Å². The molecule has 0 aliphatic carbocycles. The summed E-state index contributed by atoms with van der Waals surface area (Å²) >= 11 is 6.20. The van der Waals surface area contributed by atoms with E-state index in [1.807, 2.05) is 13.0 Å². The Morgan fingerprint density at radius 2 is 2.00 bits per heavy atom. The Hall–Kier alpha value is -2.18. The number of pyridine rings is 1. The van der Waals surface area contributed by atoms with Crippen LogP contribution in [0.5, 0.6) is 0 Å². The van der Waals surface area contributed by atoms with E-state index in [2.05, 4.69) is 20.1 Å². The summed E-state index contributed by atoms with van der Waals surface area (Å²) in [6.45, 7) is 4.80. The molecule has 0 radical (unpaired) electrons. The summed E-state index contributed by atoms with van der Waals surface area (Å²) in [7, 11) is 0. The van der Waals surface area contributed by atoms with Crippen LogP contribution in [0.25, 0.3) is 0 Å². The van der Waals surface area contributed by atoms with E-state index in [1.54, 1.807) is 24.4 Å². The monoisotopic (exact) mass is 362 g/mol. The molecule has 1 saturated heterocycles. The van der Waals surface area contributed by atoms with Crippen LogP contribution < -0.4 is 10.2 Å². The summed E-state index contributed by atoms with van der Waals surface area (Å²) in [6.07, 6.45) is 1.72. The lowest BCUT2D eigenvalue weighted by Crippen LogP contribution is -2.53. The Labute approximate surface area is 151 Å². The van der Waals surface area contributed by atoms with Crippen molar-refractivity contribution in [3.63, 3.8) is 0 Å². The van der Waals surface area contributed by atoms with Gasteiger partial charge in [0.1, 0.15) is 11.6 Å². The first kappa shape index (κ1) is 17.6. The van der Waals surface area contributed by atoms with E-state index in [4.69, 9.17) is 11.6 Å². The Kier molecular flexibility index (Phi) is 5.50. The number of hydrogen-bond acceptors (Lipinski definition) is 4. The number of benzene rings is 1. The van der Waals surface area contributed by atoms with Crippen LogP contribution in [0, 0.1) is 5.82 Å². The molecule has 1 aliphatic heterocycles. The quantitative estimate of drug-likeness (QED) is 0.908. The van der Waals surface area contributed by atoms with E-state index in [0.29, 0.717) is 10.7 Å². The summed E-state index contributed by atoms with van der Waals surface area (Å²) in [4.78, 5) is 21.0. The standard InChI is InChI=1S/C18H20ClFN4O/c1-13(18(25)22-15-5-2-4-14(20)12-15)23-8-10-24(11-9-23)17-16(19)6-3-7-21-17/h2-7,12-13H,8-11H2,1H3,(H,22,25). The number of aromatic nitrogens is 1. The van der Waals surface area contributed by atoms with Crippen LogP contribution in [-0.4, -0.2) is 48.0 Å². The second-order valence-electron chi connectivity index (χ2n) is 6.01. The first-order valence-electron chi connectivity index (χ1n) is 8.20. The van der Waals surface area contributed by atoms with Crippen LogP contribution in [0.4, 0.5) is 15.9 Å². The van der Waals surface area contributed by atoms with Gasteiger partial charge < -0.3 is 10.2 Å². The molecule has 1 N–H and O–H groups in total. The van der Waals surface area contributed by atoms with Gasteiger partial charge in [-0.2, -0.15) is 0 Å². The van der Waals surface area contributed by atoms with Gasteiger partial charge >= 0.3 is 0 Å². The van der Waals surface area contributed by atoms with Gasteiger partial charge in [0.05, 0.1) is 11.1 Å². The number of carbonyl (C=O) groups is 1. The molecule has 0 spiro atoms. The number of nitrogens with one attached hydrogen (secondary N) is 1. The van der Waals surface area contributed by atoms with Crippen LogP contribution in [-0.2, 0) is 4.79 Å². The predicted octanol–water partition coefficient (Wildman–Crippen LogP) is 3.02. The Morgan fingerprint density at radius 3 is 2.68 bits per heavy atom. The largest absolute Gasteiger partial charge is 0.353 e. The van der Waals surface area contributed by atoms with E-state index >= 15 is 0 Å². The van der Waals surface area contributed by atoms with Gasteiger partial charge in [-0.05, 0) is 37.3 Å². The normalized spacial score (nSPS) is 16.5. The molecule has 5 nitrogen and oxygen atoms in total. The van der Waals surface area contributed by atoms with Crippen LogP contribution >= 0.6 is 11.6 Å². The fourth-order valence-corrected chi connectivity index (χ4v) is 3.15. The van der Waals surface area contributed by atoms with Crippen molar-refractivity contribution in [3.05, 3.63) is 53.4 Å². The summed E-state index contributed by atoms with van der Waals surface area (Å²) < 4.78 is 13.2. The topological polar surface area (TPSA) is 48.5 Å². The third-order valence-electron chi connectivity index (χ3n) is 4.37. The third-order valence-corrected chi connectivity index (χ3v) is 4.67. The van der Waals surface area contributed by atoms with Gasteiger partial charge in [-0.3, -0.25) is 9.69 Å². The number of halogens is 2. The number of nitrogens with zero attached hydrogens (tertiary/aromatic N) is 3. The molecule has 1 aromatic heterocycles. The average Bonchev–Trinajstić information content (AvgIpc) is 2.62. The minimum Gasteiger partial charge on any atom is -0.353 e. The zero-order chi connectivity index (χ0) is 17.8. The molecular formula is C18H20ClFN4O. The Balaban J connectivity index is 1.57. The number of piperazine rings is 1. The highest BCUT2D eigenvalue weighted by Gasteiger charge is 2.26. The number of anilines is 2. The summed E-state index contributed by atoms with van der Waals surface area (Å²) in [5, 5.41) is 3.40. The van der Waals surface area contributed by atoms with Gasteiger partial charge in [-0.15, -0.1) is 0 Å². The molecule has 1 atom stereocenters. The highest BCUT2D eigenvalue weighted by atomic mass is 35.5. The maximum atomic E-state index is 13.2. The van der Waals surface area contributed by atoms with Gasteiger partial charge in [-0.1, -0.05) is 17.7 Å². The third kappa shape index (κ3) is 4.27. The van der Waals surface area contributed by atoms with Crippen molar-refractivity contribution in [3.8, 4) is 0 Å². The van der Waals surface area contributed by atoms with Crippen LogP contribution in [0.2, 0.25) is 5.02 Å². The van der Waals surface area contributed by atoms with Crippen molar-refractivity contribution in [2.24, 2.45) is 0 Å². The highest BCUT2D eigenvalue weighted by Crippen LogP contribution is 2.23. The second-order valence-corrected chi connectivity index (χ2v) is 6.41. The lowest BCUT2D eigenvalue weighted by molar-refractivity contribution is -0.120. The molecule has 7 heteroatoms. The van der Waals surface area contributed by atoms with Crippen LogP contribution in [0.3, 0.4) is 0 Å². The zero-order valence-electron chi connectivity index (χ0n) is 14.0. The van der Waals surface area contributed by atoms with E-state index < -0.39 is 0 Å². The number of rotatable bonds is 4. The second kappa shape index (κ2) is 7.80. The molecule has 132 valence electrons. The smallest absolute Gasteiger partial charge is 0.241 e. The van der Waals surface area contributed by atoms with Crippen LogP contribution in [0.15, 0.2) is 42.6 Å². The zero-order valence-corrected chi connectivity index (χ0v) is 14.7.